The zero-order valence-electron chi connectivity index (χ0n) is 13.0. The quantitative estimate of drug-likeness (QED) is 0.903. The van der Waals surface area contributed by atoms with Crippen molar-refractivity contribution in [2.24, 2.45) is 5.41 Å². The minimum atomic E-state index is -0.424. The van der Waals surface area contributed by atoms with E-state index in [2.05, 4.69) is 5.32 Å². The largest absolute Gasteiger partial charge is 0.443 e. The lowest BCUT2D eigenvalue weighted by Crippen LogP contribution is -2.66. The summed E-state index contributed by atoms with van der Waals surface area (Å²) in [5.74, 6) is -0.303. The fourth-order valence-electron chi connectivity index (χ4n) is 3.49. The van der Waals surface area contributed by atoms with Gasteiger partial charge in [0.1, 0.15) is 11.9 Å². The number of rotatable bonds is 4. The van der Waals surface area contributed by atoms with Crippen molar-refractivity contribution in [3.8, 4) is 0 Å². The summed E-state index contributed by atoms with van der Waals surface area (Å²) in [6.07, 6.45) is -0.629. The van der Waals surface area contributed by atoms with Gasteiger partial charge in [-0.25, -0.2) is 9.18 Å². The number of likely N-dealkylation sites (N-methyl/N-ethyl adjacent to an activating group) is 1. The molecule has 3 fully saturated rings. The van der Waals surface area contributed by atoms with E-state index in [9.17, 15) is 9.18 Å². The number of nitrogens with one attached hydrogen (secondary N) is 1. The molecule has 7 heteroatoms. The highest BCUT2D eigenvalue weighted by Gasteiger charge is 2.49. The summed E-state index contributed by atoms with van der Waals surface area (Å²) in [6, 6.07) is 4.94. The first-order valence-electron chi connectivity index (χ1n) is 7.85. The fourth-order valence-corrected chi connectivity index (χ4v) is 3.49. The molecule has 4 rings (SSSR count). The number of anilines is 2. The molecule has 3 aliphatic heterocycles. The summed E-state index contributed by atoms with van der Waals surface area (Å²) < 4.78 is 24.9. The molecular formula is C16H20FN3O3. The molecule has 0 bridgehead atoms. The summed E-state index contributed by atoms with van der Waals surface area (Å²) in [5, 5.41) is 2.98. The van der Waals surface area contributed by atoms with E-state index in [1.165, 1.54) is 11.0 Å². The van der Waals surface area contributed by atoms with Gasteiger partial charge in [0.25, 0.3) is 0 Å². The van der Waals surface area contributed by atoms with Gasteiger partial charge < -0.3 is 19.7 Å². The highest BCUT2D eigenvalue weighted by atomic mass is 19.1. The predicted octanol–water partition coefficient (Wildman–Crippen LogP) is 1.21. The Kier molecular flexibility index (Phi) is 3.42. The number of carbonyl (C=O) groups excluding carboxylic acids is 1. The Morgan fingerprint density at radius 1 is 1.39 bits per heavy atom. The van der Waals surface area contributed by atoms with Crippen LogP contribution < -0.4 is 15.1 Å². The smallest absolute Gasteiger partial charge is 0.414 e. The lowest BCUT2D eigenvalue weighted by molar-refractivity contribution is -0.127. The van der Waals surface area contributed by atoms with Crippen LogP contribution >= 0.6 is 0 Å². The van der Waals surface area contributed by atoms with Gasteiger partial charge in [-0.1, -0.05) is 0 Å². The van der Waals surface area contributed by atoms with Crippen LogP contribution in [0, 0.1) is 11.2 Å². The molecule has 1 unspecified atom stereocenters. The topological polar surface area (TPSA) is 54.0 Å². The molecule has 23 heavy (non-hydrogen) atoms. The molecule has 1 aromatic rings. The summed E-state index contributed by atoms with van der Waals surface area (Å²) >= 11 is 0. The van der Waals surface area contributed by atoms with Crippen LogP contribution in [0.25, 0.3) is 0 Å². The maximum Gasteiger partial charge on any atom is 0.414 e. The van der Waals surface area contributed by atoms with E-state index in [4.69, 9.17) is 9.47 Å². The third kappa shape index (κ3) is 2.44. The summed E-state index contributed by atoms with van der Waals surface area (Å²) in [7, 11) is 1.80. The first kappa shape index (κ1) is 14.7. The van der Waals surface area contributed by atoms with Crippen LogP contribution in [-0.2, 0) is 9.47 Å². The van der Waals surface area contributed by atoms with Crippen LogP contribution in [0.1, 0.15) is 0 Å². The van der Waals surface area contributed by atoms with E-state index in [1.54, 1.807) is 19.2 Å². The number of hydrogen-bond acceptors (Lipinski definition) is 5. The van der Waals surface area contributed by atoms with E-state index in [0.717, 1.165) is 26.3 Å². The van der Waals surface area contributed by atoms with E-state index in [-0.39, 0.29) is 17.3 Å². The molecule has 124 valence electrons. The SMILES string of the molecule is CNCC1CN(c2ccc(N3CC4(COC4)C3)c(F)c2)C(=O)O1. The van der Waals surface area contributed by atoms with Crippen molar-refractivity contribution >= 4 is 17.5 Å². The molecule has 3 saturated heterocycles. The maximum atomic E-state index is 14.5. The van der Waals surface area contributed by atoms with E-state index < -0.39 is 6.09 Å². The number of halogens is 1. The summed E-state index contributed by atoms with van der Waals surface area (Å²) in [4.78, 5) is 15.4. The fraction of sp³-hybridized carbons (Fsp3) is 0.562. The van der Waals surface area contributed by atoms with Crippen molar-refractivity contribution in [2.75, 3.05) is 56.2 Å². The molecule has 0 aromatic heterocycles. The molecule has 1 amide bonds. The van der Waals surface area contributed by atoms with Crippen molar-refractivity contribution in [2.45, 2.75) is 6.10 Å². The van der Waals surface area contributed by atoms with Gasteiger partial charge in [-0.05, 0) is 25.2 Å². The Hall–Kier alpha value is -1.86. The molecule has 0 saturated carbocycles. The van der Waals surface area contributed by atoms with Gasteiger partial charge in [0.2, 0.25) is 0 Å². The Morgan fingerprint density at radius 3 is 2.78 bits per heavy atom. The second-order valence-corrected chi connectivity index (χ2v) is 6.66. The number of carbonyl (C=O) groups is 1. The molecular weight excluding hydrogens is 301 g/mol. The Labute approximate surface area is 134 Å². The molecule has 0 aliphatic carbocycles. The average molecular weight is 321 g/mol. The van der Waals surface area contributed by atoms with Gasteiger partial charge in [-0.15, -0.1) is 0 Å². The zero-order chi connectivity index (χ0) is 16.0. The molecule has 1 atom stereocenters. The van der Waals surface area contributed by atoms with Gasteiger partial charge in [0.05, 0.1) is 36.5 Å². The standard InChI is InChI=1S/C16H20FN3O3/c1-18-5-12-6-20(15(21)23-12)11-2-3-14(13(17)4-11)19-7-16(8-19)9-22-10-16/h2-4,12,18H,5-10H2,1H3. The van der Waals surface area contributed by atoms with Crippen molar-refractivity contribution in [3.05, 3.63) is 24.0 Å². The zero-order valence-corrected chi connectivity index (χ0v) is 13.0. The second-order valence-electron chi connectivity index (χ2n) is 6.66. The third-order valence-electron chi connectivity index (χ3n) is 4.76. The molecule has 3 aliphatic rings. The normalized spacial score (nSPS) is 25.3. The van der Waals surface area contributed by atoms with Gasteiger partial charge in [-0.3, -0.25) is 4.90 Å². The van der Waals surface area contributed by atoms with Crippen LogP contribution in [0.4, 0.5) is 20.6 Å². The Balaban J connectivity index is 1.47. The Bertz CT molecular complexity index is 627. The number of nitrogens with zero attached hydrogens (tertiary/aromatic N) is 2. The average Bonchev–Trinajstić information content (AvgIpc) is 2.78. The first-order chi connectivity index (χ1) is 11.1. The third-order valence-corrected chi connectivity index (χ3v) is 4.76. The van der Waals surface area contributed by atoms with Crippen molar-refractivity contribution in [1.82, 2.24) is 5.32 Å². The van der Waals surface area contributed by atoms with Crippen LogP contribution in [0.15, 0.2) is 18.2 Å². The molecule has 1 spiro atoms. The van der Waals surface area contributed by atoms with Crippen LogP contribution in [0.3, 0.4) is 0 Å². The van der Waals surface area contributed by atoms with E-state index in [0.29, 0.717) is 24.5 Å². The van der Waals surface area contributed by atoms with Crippen molar-refractivity contribution < 1.29 is 18.7 Å². The van der Waals surface area contributed by atoms with Crippen LogP contribution in [0.2, 0.25) is 0 Å². The van der Waals surface area contributed by atoms with Gasteiger partial charge in [-0.2, -0.15) is 0 Å². The van der Waals surface area contributed by atoms with Crippen molar-refractivity contribution in [1.29, 1.82) is 0 Å². The van der Waals surface area contributed by atoms with Gasteiger partial charge >= 0.3 is 6.09 Å². The Morgan fingerprint density at radius 2 is 2.17 bits per heavy atom. The maximum absolute atomic E-state index is 14.5. The number of ether oxygens (including phenoxy) is 2. The molecule has 0 radical (unpaired) electrons. The highest BCUT2D eigenvalue weighted by Crippen LogP contribution is 2.41. The number of hydrogen-bond donors (Lipinski definition) is 1. The molecule has 1 N–H and O–H groups in total. The minimum absolute atomic E-state index is 0.205. The van der Waals surface area contributed by atoms with Gasteiger partial charge in [0, 0.05) is 19.6 Å². The molecule has 1 aromatic carbocycles. The van der Waals surface area contributed by atoms with E-state index >= 15 is 0 Å². The lowest BCUT2D eigenvalue weighted by atomic mass is 9.78. The highest BCUT2D eigenvalue weighted by molar-refractivity contribution is 5.90. The van der Waals surface area contributed by atoms with E-state index in [1.807, 2.05) is 4.90 Å². The second kappa shape index (κ2) is 5.35. The predicted molar refractivity (Wildman–Crippen MR) is 83.4 cm³/mol. The summed E-state index contributed by atoms with van der Waals surface area (Å²) in [5.41, 5.74) is 1.37. The van der Waals surface area contributed by atoms with Crippen LogP contribution in [0.5, 0.6) is 0 Å². The molecule has 6 nitrogen and oxygen atoms in total. The van der Waals surface area contributed by atoms with Gasteiger partial charge in [0.15, 0.2) is 0 Å². The number of benzene rings is 1. The monoisotopic (exact) mass is 321 g/mol. The van der Waals surface area contributed by atoms with Crippen molar-refractivity contribution in [3.63, 3.8) is 0 Å². The number of cyclic esters (lactones) is 1. The minimum Gasteiger partial charge on any atom is -0.443 e. The summed E-state index contributed by atoms with van der Waals surface area (Å²) in [6.45, 7) is 4.23. The lowest BCUT2D eigenvalue weighted by Gasteiger charge is -2.56. The number of amides is 1. The first-order valence-corrected chi connectivity index (χ1v) is 7.85. The molecule has 3 heterocycles. The van der Waals surface area contributed by atoms with Crippen LogP contribution in [-0.4, -0.2) is 58.6 Å².